The quantitative estimate of drug-likeness (QED) is 0.217. The lowest BCUT2D eigenvalue weighted by Gasteiger charge is -2.30. The zero-order chi connectivity index (χ0) is 29.9. The maximum atomic E-state index is 3.85. The molecule has 1 heteroatoms. The highest BCUT2D eigenvalue weighted by Gasteiger charge is 2.51. The first-order valence-electron chi connectivity index (χ1n) is 15.9. The maximum absolute atomic E-state index is 3.85. The molecule has 0 aliphatic heterocycles. The molecule has 0 radical (unpaired) electrons. The molecule has 0 unspecified atom stereocenters. The van der Waals surface area contributed by atoms with Crippen molar-refractivity contribution in [3.63, 3.8) is 0 Å². The van der Waals surface area contributed by atoms with Gasteiger partial charge in [-0.15, -0.1) is 0 Å². The molecule has 0 bridgehead atoms. The third kappa shape index (κ3) is 3.08. The van der Waals surface area contributed by atoms with E-state index in [1.807, 2.05) is 0 Å². The predicted molar refractivity (Wildman–Crippen MR) is 188 cm³/mol. The second-order valence-corrected chi connectivity index (χ2v) is 13.4. The molecule has 0 heterocycles. The number of benzene rings is 7. The second kappa shape index (κ2) is 8.61. The fourth-order valence-electron chi connectivity index (χ4n) is 9.02. The van der Waals surface area contributed by atoms with Crippen LogP contribution in [0.1, 0.15) is 47.2 Å². The summed E-state index contributed by atoms with van der Waals surface area (Å²) in [6, 6.07) is 54.3. The molecule has 0 atom stereocenters. The molecule has 10 rings (SSSR count). The van der Waals surface area contributed by atoms with Gasteiger partial charge >= 0.3 is 0 Å². The van der Waals surface area contributed by atoms with Gasteiger partial charge in [0.05, 0.1) is 5.41 Å². The van der Waals surface area contributed by atoms with Crippen molar-refractivity contribution in [2.45, 2.75) is 24.7 Å². The minimum Gasteiger partial charge on any atom is -0.356 e. The predicted octanol–water partition coefficient (Wildman–Crippen LogP) is 11.2. The summed E-state index contributed by atoms with van der Waals surface area (Å²) in [7, 11) is 0. The van der Waals surface area contributed by atoms with Gasteiger partial charge in [0.2, 0.25) is 0 Å². The van der Waals surface area contributed by atoms with Gasteiger partial charge in [-0.3, -0.25) is 0 Å². The van der Waals surface area contributed by atoms with Crippen LogP contribution in [0.2, 0.25) is 0 Å². The number of fused-ring (bicyclic) bond motifs is 15. The van der Waals surface area contributed by atoms with Crippen molar-refractivity contribution in [1.82, 2.24) is 0 Å². The van der Waals surface area contributed by atoms with Crippen molar-refractivity contribution in [1.29, 1.82) is 0 Å². The van der Waals surface area contributed by atoms with E-state index in [2.05, 4.69) is 165 Å². The van der Waals surface area contributed by atoms with Crippen LogP contribution in [-0.2, 0) is 10.8 Å². The van der Waals surface area contributed by atoms with Crippen LogP contribution < -0.4 is 5.32 Å². The van der Waals surface area contributed by atoms with Gasteiger partial charge in [0, 0.05) is 16.8 Å². The molecule has 0 saturated heterocycles. The van der Waals surface area contributed by atoms with E-state index in [1.54, 1.807) is 0 Å². The summed E-state index contributed by atoms with van der Waals surface area (Å²) >= 11 is 0. The molecule has 212 valence electrons. The highest BCUT2D eigenvalue weighted by atomic mass is 14.9. The Morgan fingerprint density at radius 1 is 0.400 bits per heavy atom. The highest BCUT2D eigenvalue weighted by Crippen LogP contribution is 2.63. The van der Waals surface area contributed by atoms with Gasteiger partial charge in [-0.05, 0) is 102 Å². The number of hydrogen-bond acceptors (Lipinski definition) is 1. The van der Waals surface area contributed by atoms with Crippen LogP contribution in [0.4, 0.5) is 11.4 Å². The largest absolute Gasteiger partial charge is 0.356 e. The molecule has 3 aliphatic carbocycles. The number of hydrogen-bond donors (Lipinski definition) is 1. The van der Waals surface area contributed by atoms with E-state index in [1.165, 1.54) is 77.5 Å². The minimum atomic E-state index is -0.334. The van der Waals surface area contributed by atoms with Crippen LogP contribution >= 0.6 is 0 Å². The monoisotopic (exact) mass is 573 g/mol. The summed E-state index contributed by atoms with van der Waals surface area (Å²) in [6.07, 6.45) is 0. The molecule has 0 amide bonds. The van der Waals surface area contributed by atoms with Crippen LogP contribution in [-0.4, -0.2) is 0 Å². The van der Waals surface area contributed by atoms with Gasteiger partial charge in [-0.25, -0.2) is 0 Å². The molecule has 45 heavy (non-hydrogen) atoms. The van der Waals surface area contributed by atoms with E-state index in [0.717, 1.165) is 11.4 Å². The summed E-state index contributed by atoms with van der Waals surface area (Å²) in [5.41, 5.74) is 18.1. The SMILES string of the molecule is CC1(C)c2cc(Nc3ccc4c(c3)C3(c5ccccc5-c5ccccc53)c3ccccc3-4)ccc2-c2ccc3ccccc3c21. The number of anilines is 2. The van der Waals surface area contributed by atoms with Crippen molar-refractivity contribution in [3.05, 3.63) is 179 Å². The minimum absolute atomic E-state index is 0.0931. The lowest BCUT2D eigenvalue weighted by atomic mass is 9.70. The Bertz CT molecular complexity index is 2330. The lowest BCUT2D eigenvalue weighted by Crippen LogP contribution is -2.25. The maximum Gasteiger partial charge on any atom is 0.0726 e. The summed E-state index contributed by atoms with van der Waals surface area (Å²) in [4.78, 5) is 0. The van der Waals surface area contributed by atoms with Crippen molar-refractivity contribution >= 4 is 22.1 Å². The molecule has 1 N–H and O–H groups in total. The summed E-state index contributed by atoms with van der Waals surface area (Å²) in [6.45, 7) is 4.75. The number of rotatable bonds is 2. The standard InChI is InChI=1S/C44H31N/c1-43(2)40-25-28(21-24-35(40)36-22-19-27-11-3-4-12-30(27)42(36)43)45-29-20-23-34-33-15-7-10-18-39(33)44(41(34)26-29)37-16-8-5-13-31(37)32-14-6-9-17-38(32)44/h3-26,45H,1-2H3. The molecule has 0 saturated carbocycles. The Labute approximate surface area is 263 Å². The molecule has 1 spiro atoms. The highest BCUT2D eigenvalue weighted by molar-refractivity contribution is 5.98. The van der Waals surface area contributed by atoms with Gasteiger partial charge in [0.25, 0.3) is 0 Å². The van der Waals surface area contributed by atoms with E-state index >= 15 is 0 Å². The first-order valence-corrected chi connectivity index (χ1v) is 15.9. The Morgan fingerprint density at radius 3 is 1.49 bits per heavy atom. The first-order chi connectivity index (χ1) is 22.1. The van der Waals surface area contributed by atoms with Gasteiger partial charge < -0.3 is 5.32 Å². The Morgan fingerprint density at radius 2 is 0.867 bits per heavy atom. The van der Waals surface area contributed by atoms with Crippen molar-refractivity contribution < 1.29 is 0 Å². The van der Waals surface area contributed by atoms with E-state index < -0.39 is 0 Å². The molecule has 7 aromatic rings. The van der Waals surface area contributed by atoms with E-state index in [-0.39, 0.29) is 10.8 Å². The molecule has 0 aromatic heterocycles. The summed E-state index contributed by atoms with van der Waals surface area (Å²) < 4.78 is 0. The zero-order valence-electron chi connectivity index (χ0n) is 25.4. The third-order valence-corrected chi connectivity index (χ3v) is 10.8. The molecule has 0 fully saturated rings. The Kier molecular flexibility index (Phi) is 4.78. The Hall–Kier alpha value is -5.40. The summed E-state index contributed by atoms with van der Waals surface area (Å²) in [5, 5.41) is 6.50. The molecule has 3 aliphatic rings. The van der Waals surface area contributed by atoms with Crippen LogP contribution in [0.3, 0.4) is 0 Å². The lowest BCUT2D eigenvalue weighted by molar-refractivity contribution is 0.666. The molecular formula is C44H31N. The molecular weight excluding hydrogens is 542 g/mol. The first kappa shape index (κ1) is 25.0. The van der Waals surface area contributed by atoms with E-state index in [9.17, 15) is 0 Å². The second-order valence-electron chi connectivity index (χ2n) is 13.4. The normalized spacial score (nSPS) is 15.2. The van der Waals surface area contributed by atoms with Crippen molar-refractivity contribution in [2.24, 2.45) is 0 Å². The fourth-order valence-corrected chi connectivity index (χ4v) is 9.02. The average Bonchev–Trinajstić information content (AvgIpc) is 3.63. The van der Waals surface area contributed by atoms with Gasteiger partial charge in [0.15, 0.2) is 0 Å². The van der Waals surface area contributed by atoms with Crippen LogP contribution in [0, 0.1) is 0 Å². The topological polar surface area (TPSA) is 12.0 Å². The van der Waals surface area contributed by atoms with Gasteiger partial charge in [0.1, 0.15) is 0 Å². The third-order valence-electron chi connectivity index (χ3n) is 10.8. The van der Waals surface area contributed by atoms with Crippen molar-refractivity contribution in [3.8, 4) is 33.4 Å². The van der Waals surface area contributed by atoms with E-state index in [0.29, 0.717) is 0 Å². The zero-order valence-corrected chi connectivity index (χ0v) is 25.4. The average molecular weight is 574 g/mol. The fraction of sp³-hybridized carbons (Fsp3) is 0.0909. The Balaban J connectivity index is 1.12. The van der Waals surface area contributed by atoms with E-state index in [4.69, 9.17) is 0 Å². The van der Waals surface area contributed by atoms with Crippen molar-refractivity contribution in [2.75, 3.05) is 5.32 Å². The number of nitrogens with one attached hydrogen (secondary N) is 1. The van der Waals surface area contributed by atoms with Gasteiger partial charge in [-0.1, -0.05) is 135 Å². The van der Waals surface area contributed by atoms with Crippen LogP contribution in [0.15, 0.2) is 146 Å². The van der Waals surface area contributed by atoms with Crippen LogP contribution in [0.5, 0.6) is 0 Å². The molecule has 1 nitrogen and oxygen atoms in total. The van der Waals surface area contributed by atoms with Gasteiger partial charge in [-0.2, -0.15) is 0 Å². The smallest absolute Gasteiger partial charge is 0.0726 e. The van der Waals surface area contributed by atoms with Crippen LogP contribution in [0.25, 0.3) is 44.2 Å². The molecule has 7 aromatic carbocycles. The summed E-state index contributed by atoms with van der Waals surface area (Å²) in [5.74, 6) is 0.